The molecule has 0 atom stereocenters. The molecule has 0 radical (unpaired) electrons. The standard InChI is InChI=1S/C25H31FN2O4/c1-3-31-22-10-9-20(17-23(22)32-4-2)25(30)28-15-12-19(13-16-28)24(29)27-14-11-18-7-5-6-8-21(18)26/h5-10,17,19H,3-4,11-16H2,1-2H3,(H,27,29). The van der Waals surface area contributed by atoms with Crippen molar-refractivity contribution in [3.8, 4) is 11.5 Å². The number of halogens is 1. The Balaban J connectivity index is 1.50. The first-order valence-corrected chi connectivity index (χ1v) is 11.2. The summed E-state index contributed by atoms with van der Waals surface area (Å²) in [6.45, 7) is 6.21. The Morgan fingerprint density at radius 2 is 1.72 bits per heavy atom. The summed E-state index contributed by atoms with van der Waals surface area (Å²) in [5.41, 5.74) is 1.14. The topological polar surface area (TPSA) is 67.9 Å². The highest BCUT2D eigenvalue weighted by Crippen LogP contribution is 2.29. The number of likely N-dealkylation sites (tertiary alicyclic amines) is 1. The zero-order chi connectivity index (χ0) is 22.9. The lowest BCUT2D eigenvalue weighted by Crippen LogP contribution is -2.43. The van der Waals surface area contributed by atoms with E-state index in [2.05, 4.69) is 5.32 Å². The summed E-state index contributed by atoms with van der Waals surface area (Å²) in [6.07, 6.45) is 1.66. The monoisotopic (exact) mass is 442 g/mol. The summed E-state index contributed by atoms with van der Waals surface area (Å²) in [5.74, 6) is 0.677. The van der Waals surface area contributed by atoms with Crippen molar-refractivity contribution < 1.29 is 23.5 Å². The second kappa shape index (κ2) is 11.5. The molecule has 32 heavy (non-hydrogen) atoms. The van der Waals surface area contributed by atoms with Crippen molar-refractivity contribution in [3.63, 3.8) is 0 Å². The maximum Gasteiger partial charge on any atom is 0.253 e. The number of benzene rings is 2. The van der Waals surface area contributed by atoms with Crippen molar-refractivity contribution in [3.05, 3.63) is 59.4 Å². The van der Waals surface area contributed by atoms with Crippen molar-refractivity contribution in [2.75, 3.05) is 32.8 Å². The Labute approximate surface area is 188 Å². The van der Waals surface area contributed by atoms with Gasteiger partial charge in [-0.25, -0.2) is 4.39 Å². The molecular formula is C25H31FN2O4. The van der Waals surface area contributed by atoms with Gasteiger partial charge in [-0.2, -0.15) is 0 Å². The van der Waals surface area contributed by atoms with Gasteiger partial charge in [-0.15, -0.1) is 0 Å². The summed E-state index contributed by atoms with van der Waals surface area (Å²) >= 11 is 0. The fourth-order valence-corrected chi connectivity index (χ4v) is 3.88. The first-order chi connectivity index (χ1) is 15.5. The number of ether oxygens (including phenoxy) is 2. The number of amides is 2. The highest BCUT2D eigenvalue weighted by molar-refractivity contribution is 5.95. The number of hydrogen-bond acceptors (Lipinski definition) is 4. The molecule has 1 fully saturated rings. The van der Waals surface area contributed by atoms with Crippen LogP contribution in [0.3, 0.4) is 0 Å². The number of nitrogens with zero attached hydrogens (tertiary/aromatic N) is 1. The van der Waals surface area contributed by atoms with Gasteiger partial charge in [-0.3, -0.25) is 9.59 Å². The Bertz CT molecular complexity index is 926. The van der Waals surface area contributed by atoms with Gasteiger partial charge in [0, 0.05) is 31.1 Å². The zero-order valence-corrected chi connectivity index (χ0v) is 18.7. The van der Waals surface area contributed by atoms with Crippen molar-refractivity contribution in [2.24, 2.45) is 5.92 Å². The average molecular weight is 443 g/mol. The van der Waals surface area contributed by atoms with Gasteiger partial charge < -0.3 is 19.7 Å². The van der Waals surface area contributed by atoms with Crippen LogP contribution in [0.1, 0.15) is 42.6 Å². The molecule has 1 aliphatic heterocycles. The average Bonchev–Trinajstić information content (AvgIpc) is 2.81. The highest BCUT2D eigenvalue weighted by Gasteiger charge is 2.28. The molecule has 0 bridgehead atoms. The third-order valence-corrected chi connectivity index (χ3v) is 5.59. The second-order valence-corrected chi connectivity index (χ2v) is 7.73. The molecule has 7 heteroatoms. The van der Waals surface area contributed by atoms with Gasteiger partial charge in [0.1, 0.15) is 5.82 Å². The van der Waals surface area contributed by atoms with E-state index in [-0.39, 0.29) is 23.5 Å². The summed E-state index contributed by atoms with van der Waals surface area (Å²) < 4.78 is 24.9. The van der Waals surface area contributed by atoms with Crippen LogP contribution in [0.2, 0.25) is 0 Å². The smallest absolute Gasteiger partial charge is 0.253 e. The van der Waals surface area contributed by atoms with Gasteiger partial charge >= 0.3 is 0 Å². The van der Waals surface area contributed by atoms with E-state index in [0.717, 1.165) is 0 Å². The van der Waals surface area contributed by atoms with Crippen LogP contribution < -0.4 is 14.8 Å². The predicted octanol–water partition coefficient (Wildman–Crippen LogP) is 3.83. The largest absolute Gasteiger partial charge is 0.490 e. The molecule has 0 spiro atoms. The van der Waals surface area contributed by atoms with Gasteiger partial charge in [-0.05, 0) is 62.9 Å². The van der Waals surface area contributed by atoms with Crippen LogP contribution >= 0.6 is 0 Å². The number of hydrogen-bond donors (Lipinski definition) is 1. The number of nitrogens with one attached hydrogen (secondary N) is 1. The molecule has 0 unspecified atom stereocenters. The van der Waals surface area contributed by atoms with E-state index in [0.29, 0.717) is 74.7 Å². The van der Waals surface area contributed by atoms with Crippen LogP contribution in [0.25, 0.3) is 0 Å². The molecule has 2 amide bonds. The van der Waals surface area contributed by atoms with E-state index >= 15 is 0 Å². The summed E-state index contributed by atoms with van der Waals surface area (Å²) in [5, 5.41) is 2.90. The third kappa shape index (κ3) is 5.99. The number of carbonyl (C=O) groups is 2. The molecule has 3 rings (SSSR count). The van der Waals surface area contributed by atoms with E-state index in [4.69, 9.17) is 9.47 Å². The minimum absolute atomic E-state index is 0.0341. The molecule has 1 saturated heterocycles. The van der Waals surface area contributed by atoms with Crippen LogP contribution in [0.15, 0.2) is 42.5 Å². The third-order valence-electron chi connectivity index (χ3n) is 5.59. The SMILES string of the molecule is CCOc1ccc(C(=O)N2CCC(C(=O)NCCc3ccccc3F)CC2)cc1OCC. The normalized spacial score (nSPS) is 14.2. The number of carbonyl (C=O) groups excluding carboxylic acids is 2. The lowest BCUT2D eigenvalue weighted by atomic mass is 9.95. The first kappa shape index (κ1) is 23.6. The van der Waals surface area contributed by atoms with Crippen molar-refractivity contribution in [1.82, 2.24) is 10.2 Å². The molecule has 1 heterocycles. The van der Waals surface area contributed by atoms with E-state index in [1.165, 1.54) is 6.07 Å². The Morgan fingerprint density at radius 1 is 1.03 bits per heavy atom. The summed E-state index contributed by atoms with van der Waals surface area (Å²) in [6, 6.07) is 11.8. The minimum atomic E-state index is -0.254. The molecule has 2 aromatic carbocycles. The number of rotatable bonds is 9. The van der Waals surface area contributed by atoms with E-state index in [9.17, 15) is 14.0 Å². The molecule has 1 aliphatic rings. The maximum atomic E-state index is 13.7. The Hall–Kier alpha value is -3.09. The molecule has 172 valence electrons. The Kier molecular flexibility index (Phi) is 8.48. The predicted molar refractivity (Wildman–Crippen MR) is 121 cm³/mol. The molecule has 2 aromatic rings. The van der Waals surface area contributed by atoms with Gasteiger partial charge in [0.2, 0.25) is 5.91 Å². The number of piperidine rings is 1. The fourth-order valence-electron chi connectivity index (χ4n) is 3.88. The van der Waals surface area contributed by atoms with Crippen molar-refractivity contribution in [1.29, 1.82) is 0 Å². The maximum absolute atomic E-state index is 13.7. The summed E-state index contributed by atoms with van der Waals surface area (Å²) in [4.78, 5) is 27.2. The molecule has 1 N–H and O–H groups in total. The molecule has 0 aliphatic carbocycles. The first-order valence-electron chi connectivity index (χ1n) is 11.2. The van der Waals surface area contributed by atoms with Crippen molar-refractivity contribution >= 4 is 11.8 Å². The van der Waals surface area contributed by atoms with Crippen LogP contribution in [0.5, 0.6) is 11.5 Å². The Morgan fingerprint density at radius 3 is 2.41 bits per heavy atom. The van der Waals surface area contributed by atoms with E-state index in [1.54, 1.807) is 41.3 Å². The van der Waals surface area contributed by atoms with Crippen LogP contribution in [-0.2, 0) is 11.2 Å². The second-order valence-electron chi connectivity index (χ2n) is 7.73. The van der Waals surface area contributed by atoms with Crippen LogP contribution in [-0.4, -0.2) is 49.6 Å². The highest BCUT2D eigenvalue weighted by atomic mass is 19.1. The summed E-state index contributed by atoms with van der Waals surface area (Å²) in [7, 11) is 0. The molecule has 0 aromatic heterocycles. The van der Waals surface area contributed by atoms with Gasteiger partial charge in [-0.1, -0.05) is 18.2 Å². The molecular weight excluding hydrogens is 411 g/mol. The van der Waals surface area contributed by atoms with Crippen LogP contribution in [0.4, 0.5) is 4.39 Å². The van der Waals surface area contributed by atoms with Gasteiger partial charge in [0.25, 0.3) is 5.91 Å². The fraction of sp³-hybridized carbons (Fsp3) is 0.440. The van der Waals surface area contributed by atoms with Crippen molar-refractivity contribution in [2.45, 2.75) is 33.1 Å². The lowest BCUT2D eigenvalue weighted by Gasteiger charge is -2.31. The molecule has 6 nitrogen and oxygen atoms in total. The van der Waals surface area contributed by atoms with E-state index in [1.807, 2.05) is 13.8 Å². The zero-order valence-electron chi connectivity index (χ0n) is 18.7. The van der Waals surface area contributed by atoms with Gasteiger partial charge in [0.15, 0.2) is 11.5 Å². The quantitative estimate of drug-likeness (QED) is 0.641. The molecule has 0 saturated carbocycles. The van der Waals surface area contributed by atoms with Crippen LogP contribution in [0, 0.1) is 11.7 Å². The lowest BCUT2D eigenvalue weighted by molar-refractivity contribution is -0.126. The van der Waals surface area contributed by atoms with Gasteiger partial charge in [0.05, 0.1) is 13.2 Å². The van der Waals surface area contributed by atoms with E-state index < -0.39 is 0 Å². The minimum Gasteiger partial charge on any atom is -0.490 e.